The number of hydrogen-bond donors (Lipinski definition) is 1. The molecule has 0 spiro atoms. The normalized spacial score (nSPS) is 18.3. The van der Waals surface area contributed by atoms with Crippen LogP contribution in [0.25, 0.3) is 0 Å². The Morgan fingerprint density at radius 3 is 2.58 bits per heavy atom. The smallest absolute Gasteiger partial charge is 0.119 e. The zero-order valence-corrected chi connectivity index (χ0v) is 10.8. The van der Waals surface area contributed by atoms with E-state index < -0.39 is 6.10 Å². The maximum Gasteiger partial charge on any atom is 0.119 e. The topological polar surface area (TPSA) is 29.5 Å². The van der Waals surface area contributed by atoms with Crippen LogP contribution in [0.2, 0.25) is 0 Å². The van der Waals surface area contributed by atoms with E-state index in [1.807, 2.05) is 30.3 Å². The molecular weight excluding hydrogens is 236 g/mol. The Hall–Kier alpha value is -1.80. The molecule has 0 bridgehead atoms. The zero-order valence-electron chi connectivity index (χ0n) is 10.8. The first-order valence-corrected chi connectivity index (χ1v) is 6.76. The Morgan fingerprint density at radius 2 is 1.79 bits per heavy atom. The first-order valence-electron chi connectivity index (χ1n) is 6.76. The highest BCUT2D eigenvalue weighted by Gasteiger charge is 2.27. The van der Waals surface area contributed by atoms with Crippen LogP contribution in [0.4, 0.5) is 0 Å². The molecule has 0 heterocycles. The second kappa shape index (κ2) is 5.45. The van der Waals surface area contributed by atoms with Crippen molar-refractivity contribution in [3.8, 4) is 5.75 Å². The molecular formula is C17H18O2. The van der Waals surface area contributed by atoms with Crippen molar-refractivity contribution in [2.45, 2.75) is 24.9 Å². The maximum atomic E-state index is 10.0. The summed E-state index contributed by atoms with van der Waals surface area (Å²) in [6.45, 7) is 0.364. The van der Waals surface area contributed by atoms with Gasteiger partial charge >= 0.3 is 0 Å². The van der Waals surface area contributed by atoms with Gasteiger partial charge in [0.2, 0.25) is 0 Å². The first-order chi connectivity index (χ1) is 9.33. The van der Waals surface area contributed by atoms with E-state index in [0.717, 1.165) is 18.6 Å². The van der Waals surface area contributed by atoms with Crippen LogP contribution >= 0.6 is 0 Å². The summed E-state index contributed by atoms with van der Waals surface area (Å²) < 4.78 is 5.58. The van der Waals surface area contributed by atoms with Gasteiger partial charge in [0.25, 0.3) is 0 Å². The van der Waals surface area contributed by atoms with Crippen LogP contribution in [-0.4, -0.2) is 17.8 Å². The molecule has 2 unspecified atom stereocenters. The number of para-hydroxylation sites is 1. The van der Waals surface area contributed by atoms with Gasteiger partial charge in [-0.3, -0.25) is 0 Å². The summed E-state index contributed by atoms with van der Waals surface area (Å²) in [5.41, 5.74) is 2.81. The van der Waals surface area contributed by atoms with Gasteiger partial charge in [-0.25, -0.2) is 0 Å². The minimum Gasteiger partial charge on any atom is -0.491 e. The predicted octanol–water partition coefficient (Wildman–Crippen LogP) is 3.16. The fraction of sp³-hybridized carbons (Fsp3) is 0.294. The third-order valence-corrected chi connectivity index (χ3v) is 3.70. The van der Waals surface area contributed by atoms with Crippen LogP contribution in [0.1, 0.15) is 23.5 Å². The van der Waals surface area contributed by atoms with Gasteiger partial charge in [0.1, 0.15) is 12.4 Å². The third-order valence-electron chi connectivity index (χ3n) is 3.70. The van der Waals surface area contributed by atoms with E-state index in [0.29, 0.717) is 12.5 Å². The Morgan fingerprint density at radius 1 is 1.05 bits per heavy atom. The number of benzene rings is 2. The van der Waals surface area contributed by atoms with Gasteiger partial charge < -0.3 is 9.84 Å². The van der Waals surface area contributed by atoms with Crippen molar-refractivity contribution in [1.29, 1.82) is 0 Å². The summed E-state index contributed by atoms with van der Waals surface area (Å²) >= 11 is 0. The molecule has 0 radical (unpaired) electrons. The van der Waals surface area contributed by atoms with Gasteiger partial charge in [0.15, 0.2) is 0 Å². The number of aliphatic hydroxyl groups is 1. The first kappa shape index (κ1) is 12.2. The van der Waals surface area contributed by atoms with Crippen molar-refractivity contribution in [2.24, 2.45) is 0 Å². The van der Waals surface area contributed by atoms with E-state index >= 15 is 0 Å². The van der Waals surface area contributed by atoms with E-state index in [-0.39, 0.29) is 0 Å². The van der Waals surface area contributed by atoms with E-state index in [1.165, 1.54) is 11.1 Å². The monoisotopic (exact) mass is 254 g/mol. The number of hydrogen-bond acceptors (Lipinski definition) is 2. The molecule has 1 aliphatic rings. The quantitative estimate of drug-likeness (QED) is 0.888. The van der Waals surface area contributed by atoms with Crippen LogP contribution < -0.4 is 4.74 Å². The largest absolute Gasteiger partial charge is 0.491 e. The van der Waals surface area contributed by atoms with Crippen LogP contribution in [0, 0.1) is 0 Å². The van der Waals surface area contributed by atoms with E-state index in [9.17, 15) is 5.11 Å². The minimum atomic E-state index is -0.404. The lowest BCUT2D eigenvalue weighted by Gasteiger charge is -2.31. The van der Waals surface area contributed by atoms with Crippen molar-refractivity contribution in [2.75, 3.05) is 6.61 Å². The van der Waals surface area contributed by atoms with Crippen molar-refractivity contribution in [3.63, 3.8) is 0 Å². The van der Waals surface area contributed by atoms with Gasteiger partial charge in [-0.15, -0.1) is 0 Å². The molecule has 1 N–H and O–H groups in total. The van der Waals surface area contributed by atoms with Gasteiger partial charge in [-0.2, -0.15) is 0 Å². The molecule has 0 aromatic heterocycles. The average molecular weight is 254 g/mol. The fourth-order valence-corrected chi connectivity index (χ4v) is 2.68. The number of rotatable bonds is 5. The van der Waals surface area contributed by atoms with Gasteiger partial charge in [-0.05, 0) is 42.0 Å². The molecule has 1 aliphatic carbocycles. The molecule has 98 valence electrons. The van der Waals surface area contributed by atoms with Gasteiger partial charge in [0.05, 0.1) is 6.10 Å². The molecule has 0 aliphatic heterocycles. The Labute approximate surface area is 113 Å². The third kappa shape index (κ3) is 2.79. The zero-order chi connectivity index (χ0) is 13.1. The van der Waals surface area contributed by atoms with Crippen LogP contribution in [-0.2, 0) is 6.42 Å². The van der Waals surface area contributed by atoms with Crippen LogP contribution in [0.3, 0.4) is 0 Å². The summed E-state index contributed by atoms with van der Waals surface area (Å²) in [6, 6.07) is 18.1. The summed E-state index contributed by atoms with van der Waals surface area (Å²) in [6.07, 6.45) is 1.46. The van der Waals surface area contributed by atoms with E-state index in [4.69, 9.17) is 4.74 Å². The van der Waals surface area contributed by atoms with E-state index in [1.54, 1.807) is 0 Å². The molecule has 2 aromatic rings. The highest BCUT2D eigenvalue weighted by atomic mass is 16.5. The molecule has 2 heteroatoms. The molecule has 0 amide bonds. The average Bonchev–Trinajstić information content (AvgIpc) is 2.44. The summed E-state index contributed by atoms with van der Waals surface area (Å²) in [5.74, 6) is 1.31. The molecule has 0 saturated heterocycles. The van der Waals surface area contributed by atoms with E-state index in [2.05, 4.69) is 24.3 Å². The number of ether oxygens (including phenoxy) is 1. The van der Waals surface area contributed by atoms with Crippen molar-refractivity contribution < 1.29 is 9.84 Å². The Kier molecular flexibility index (Phi) is 3.51. The van der Waals surface area contributed by atoms with Crippen molar-refractivity contribution in [3.05, 3.63) is 65.7 Å². The predicted molar refractivity (Wildman–Crippen MR) is 75.4 cm³/mol. The summed E-state index contributed by atoms with van der Waals surface area (Å²) in [4.78, 5) is 0. The highest BCUT2D eigenvalue weighted by Crippen LogP contribution is 2.37. The molecule has 0 saturated carbocycles. The molecule has 3 rings (SSSR count). The molecule has 2 atom stereocenters. The summed E-state index contributed by atoms with van der Waals surface area (Å²) in [7, 11) is 0. The highest BCUT2D eigenvalue weighted by molar-refractivity contribution is 5.39. The molecule has 19 heavy (non-hydrogen) atoms. The fourth-order valence-electron chi connectivity index (χ4n) is 2.68. The summed E-state index contributed by atoms with van der Waals surface area (Å²) in [5, 5.41) is 10.0. The van der Waals surface area contributed by atoms with Crippen LogP contribution in [0.15, 0.2) is 54.6 Å². The molecule has 2 nitrogen and oxygen atoms in total. The van der Waals surface area contributed by atoms with Crippen molar-refractivity contribution >= 4 is 0 Å². The van der Waals surface area contributed by atoms with Gasteiger partial charge in [-0.1, -0.05) is 42.5 Å². The Balaban J connectivity index is 1.49. The molecule has 0 fully saturated rings. The Bertz CT molecular complexity index is 536. The van der Waals surface area contributed by atoms with Crippen LogP contribution in [0.5, 0.6) is 5.75 Å². The van der Waals surface area contributed by atoms with Gasteiger partial charge in [0, 0.05) is 0 Å². The SMILES string of the molecule is OC(COc1ccccc1)CC1Cc2ccccc21. The lowest BCUT2D eigenvalue weighted by atomic mass is 9.75. The standard InChI is InChI=1S/C17H18O2/c18-15(12-19-16-7-2-1-3-8-16)11-14-10-13-6-4-5-9-17(13)14/h1-9,14-15,18H,10-12H2. The second-order valence-corrected chi connectivity index (χ2v) is 5.11. The van der Waals surface area contributed by atoms with Crippen molar-refractivity contribution in [1.82, 2.24) is 0 Å². The molecule has 2 aromatic carbocycles. The maximum absolute atomic E-state index is 10.0. The lowest BCUT2D eigenvalue weighted by molar-refractivity contribution is 0.0913. The minimum absolute atomic E-state index is 0.364. The number of aliphatic hydroxyl groups excluding tert-OH is 1. The lowest BCUT2D eigenvalue weighted by Crippen LogP contribution is -2.26. The second-order valence-electron chi connectivity index (χ2n) is 5.11. The number of fused-ring (bicyclic) bond motifs is 1.